The molecule has 6 rings (SSSR count). The topological polar surface area (TPSA) is 61.4 Å². The van der Waals surface area contributed by atoms with Crippen LogP contribution in [-0.2, 0) is 4.79 Å². The number of hydrogen-bond donors (Lipinski definition) is 2. The van der Waals surface area contributed by atoms with Crippen LogP contribution in [-0.4, -0.2) is 28.8 Å². The fraction of sp³-hybridized carbons (Fsp3) is 0.375. The van der Waals surface area contributed by atoms with Gasteiger partial charge in [0.1, 0.15) is 0 Å². The molecule has 0 spiro atoms. The van der Waals surface area contributed by atoms with Gasteiger partial charge in [-0.15, -0.1) is 0 Å². The predicted octanol–water partition coefficient (Wildman–Crippen LogP) is 6.27. The van der Waals surface area contributed by atoms with Gasteiger partial charge < -0.3 is 15.5 Å². The molecule has 1 saturated carbocycles. The van der Waals surface area contributed by atoms with Crippen LogP contribution < -0.4 is 10.6 Å². The minimum absolute atomic E-state index is 0.0422. The number of anilines is 1. The molecule has 3 aromatic rings. The van der Waals surface area contributed by atoms with E-state index in [0.717, 1.165) is 50.8 Å². The number of hydrogen-bond acceptors (Lipinski definition) is 3. The van der Waals surface area contributed by atoms with E-state index in [0.29, 0.717) is 17.9 Å². The van der Waals surface area contributed by atoms with Gasteiger partial charge in [0.05, 0.1) is 12.1 Å². The molecule has 1 aliphatic carbocycles. The molecule has 2 aliphatic heterocycles. The van der Waals surface area contributed by atoms with Crippen molar-refractivity contribution in [3.63, 3.8) is 0 Å². The van der Waals surface area contributed by atoms with Crippen molar-refractivity contribution in [1.82, 2.24) is 10.2 Å². The van der Waals surface area contributed by atoms with Gasteiger partial charge in [-0.2, -0.15) is 0 Å². The number of para-hydroxylation sites is 1. The van der Waals surface area contributed by atoms with Crippen LogP contribution in [0.4, 0.5) is 5.69 Å². The van der Waals surface area contributed by atoms with Crippen molar-refractivity contribution in [2.75, 3.05) is 11.9 Å². The minimum atomic E-state index is -0.481. The van der Waals surface area contributed by atoms with Gasteiger partial charge in [0.2, 0.25) is 5.91 Å². The number of fused-ring (bicyclic) bond motifs is 3. The summed E-state index contributed by atoms with van der Waals surface area (Å²) in [5, 5.41) is 7.11. The molecular formula is C32H35N3O2. The lowest BCUT2D eigenvalue weighted by atomic mass is 9.78. The Hall–Kier alpha value is -3.60. The molecule has 1 saturated heterocycles. The fourth-order valence-electron chi connectivity index (χ4n) is 6.86. The standard InChI is InChI=1S/C32H35N3O2/c36-28(22-32(19-10-3-11-20-32)34-31(37)24-14-6-2-7-15-24)35-21-18-26-29(23-12-4-1-5-13-23)33-27-17-9-8-16-25(27)30(26)35/h1-2,4-9,12-17,26,29-30,33H,3,10-11,18-22H2,(H,34,37)/t26-,29+,30+/m1/s1. The van der Waals surface area contributed by atoms with E-state index in [1.54, 1.807) is 0 Å². The first-order chi connectivity index (χ1) is 18.1. The Kier molecular flexibility index (Phi) is 6.45. The molecule has 5 heteroatoms. The van der Waals surface area contributed by atoms with Gasteiger partial charge in [-0.1, -0.05) is 86.0 Å². The molecule has 0 radical (unpaired) electrons. The summed E-state index contributed by atoms with van der Waals surface area (Å²) in [5.74, 6) is 0.389. The van der Waals surface area contributed by atoms with Gasteiger partial charge in [0, 0.05) is 35.7 Å². The molecule has 0 unspecified atom stereocenters. The van der Waals surface area contributed by atoms with Crippen molar-refractivity contribution < 1.29 is 9.59 Å². The molecule has 190 valence electrons. The average Bonchev–Trinajstić information content (AvgIpc) is 3.40. The van der Waals surface area contributed by atoms with Crippen molar-refractivity contribution >= 4 is 17.5 Å². The Balaban J connectivity index is 1.27. The number of nitrogens with zero attached hydrogens (tertiary/aromatic N) is 1. The van der Waals surface area contributed by atoms with E-state index in [4.69, 9.17) is 0 Å². The normalized spacial score (nSPS) is 23.9. The Bertz CT molecular complexity index is 1250. The van der Waals surface area contributed by atoms with E-state index >= 15 is 0 Å². The van der Waals surface area contributed by atoms with Gasteiger partial charge in [0.15, 0.2) is 0 Å². The van der Waals surface area contributed by atoms with Crippen molar-refractivity contribution in [2.45, 2.75) is 62.6 Å². The van der Waals surface area contributed by atoms with Crippen molar-refractivity contribution in [3.8, 4) is 0 Å². The molecule has 2 N–H and O–H groups in total. The second-order valence-corrected chi connectivity index (χ2v) is 10.9. The third-order valence-electron chi connectivity index (χ3n) is 8.66. The maximum Gasteiger partial charge on any atom is 0.251 e. The molecule has 2 heterocycles. The number of nitrogens with one attached hydrogen (secondary N) is 2. The van der Waals surface area contributed by atoms with Crippen molar-refractivity contribution in [1.29, 1.82) is 0 Å². The van der Waals surface area contributed by atoms with E-state index in [1.807, 2.05) is 30.3 Å². The lowest BCUT2D eigenvalue weighted by Gasteiger charge is -2.42. The molecule has 2 amide bonds. The summed E-state index contributed by atoms with van der Waals surface area (Å²) in [7, 11) is 0. The second kappa shape index (κ2) is 10.0. The highest BCUT2D eigenvalue weighted by molar-refractivity contribution is 5.95. The molecule has 3 aromatic carbocycles. The number of rotatable bonds is 5. The highest BCUT2D eigenvalue weighted by Gasteiger charge is 2.47. The number of likely N-dealkylation sites (tertiary alicyclic amines) is 1. The highest BCUT2D eigenvalue weighted by Crippen LogP contribution is 2.51. The van der Waals surface area contributed by atoms with E-state index in [9.17, 15) is 9.59 Å². The summed E-state index contributed by atoms with van der Waals surface area (Å²) >= 11 is 0. The van der Waals surface area contributed by atoms with Crippen LogP contribution in [0, 0.1) is 5.92 Å². The summed E-state index contributed by atoms with van der Waals surface area (Å²) in [6.07, 6.45) is 6.26. The Labute approximate surface area is 219 Å². The molecule has 3 aliphatic rings. The first-order valence-corrected chi connectivity index (χ1v) is 13.7. The monoisotopic (exact) mass is 493 g/mol. The number of amides is 2. The van der Waals surface area contributed by atoms with Crippen LogP contribution in [0.25, 0.3) is 0 Å². The number of carbonyl (C=O) groups is 2. The lowest BCUT2D eigenvalue weighted by Crippen LogP contribution is -2.53. The average molecular weight is 494 g/mol. The van der Waals surface area contributed by atoms with Gasteiger partial charge in [-0.05, 0) is 48.6 Å². The molecule has 5 nitrogen and oxygen atoms in total. The predicted molar refractivity (Wildman–Crippen MR) is 146 cm³/mol. The molecule has 37 heavy (non-hydrogen) atoms. The zero-order valence-corrected chi connectivity index (χ0v) is 21.2. The Morgan fingerprint density at radius 3 is 2.30 bits per heavy atom. The SMILES string of the molecule is O=C(NC1(CC(=O)N2CC[C@@H]3[C@H](c4ccccc4)Nc4ccccc4[C@@H]32)CCCCC1)c1ccccc1. The first kappa shape index (κ1) is 23.8. The van der Waals surface area contributed by atoms with Crippen LogP contribution in [0.15, 0.2) is 84.9 Å². The van der Waals surface area contributed by atoms with Crippen LogP contribution in [0.3, 0.4) is 0 Å². The summed E-state index contributed by atoms with van der Waals surface area (Å²) in [5.41, 5.74) is 3.75. The van der Waals surface area contributed by atoms with Crippen LogP contribution in [0.1, 0.15) is 78.5 Å². The third kappa shape index (κ3) is 4.63. The highest BCUT2D eigenvalue weighted by atomic mass is 16.2. The van der Waals surface area contributed by atoms with Crippen LogP contribution >= 0.6 is 0 Å². The summed E-state index contributed by atoms with van der Waals surface area (Å²) in [6.45, 7) is 0.746. The summed E-state index contributed by atoms with van der Waals surface area (Å²) in [4.78, 5) is 29.4. The molecule has 2 fully saturated rings. The van der Waals surface area contributed by atoms with Gasteiger partial charge in [-0.3, -0.25) is 9.59 Å². The minimum Gasteiger partial charge on any atom is -0.378 e. The lowest BCUT2D eigenvalue weighted by molar-refractivity contribution is -0.134. The van der Waals surface area contributed by atoms with E-state index in [2.05, 4.69) is 70.1 Å². The zero-order chi connectivity index (χ0) is 25.2. The maximum atomic E-state index is 14.1. The van der Waals surface area contributed by atoms with E-state index in [-0.39, 0.29) is 23.9 Å². The number of carbonyl (C=O) groups excluding carboxylic acids is 2. The van der Waals surface area contributed by atoms with Crippen molar-refractivity contribution in [3.05, 3.63) is 102 Å². The second-order valence-electron chi connectivity index (χ2n) is 10.9. The van der Waals surface area contributed by atoms with Crippen LogP contribution in [0.5, 0.6) is 0 Å². The van der Waals surface area contributed by atoms with E-state index < -0.39 is 5.54 Å². The van der Waals surface area contributed by atoms with Gasteiger partial charge in [-0.25, -0.2) is 0 Å². The molecule has 3 atom stereocenters. The molecule has 0 bridgehead atoms. The van der Waals surface area contributed by atoms with Gasteiger partial charge in [0.25, 0.3) is 5.91 Å². The Morgan fingerprint density at radius 1 is 0.865 bits per heavy atom. The third-order valence-corrected chi connectivity index (χ3v) is 8.66. The largest absolute Gasteiger partial charge is 0.378 e. The van der Waals surface area contributed by atoms with Crippen LogP contribution in [0.2, 0.25) is 0 Å². The van der Waals surface area contributed by atoms with E-state index in [1.165, 1.54) is 11.1 Å². The molecular weight excluding hydrogens is 458 g/mol. The Morgan fingerprint density at radius 2 is 1.54 bits per heavy atom. The molecule has 0 aromatic heterocycles. The number of benzene rings is 3. The van der Waals surface area contributed by atoms with Crippen molar-refractivity contribution in [2.24, 2.45) is 5.92 Å². The maximum absolute atomic E-state index is 14.1. The summed E-state index contributed by atoms with van der Waals surface area (Å²) in [6, 6.07) is 28.6. The fourth-order valence-corrected chi connectivity index (χ4v) is 6.86. The smallest absolute Gasteiger partial charge is 0.251 e. The van der Waals surface area contributed by atoms with Gasteiger partial charge >= 0.3 is 0 Å². The zero-order valence-electron chi connectivity index (χ0n) is 21.2. The quantitative estimate of drug-likeness (QED) is 0.441. The first-order valence-electron chi connectivity index (χ1n) is 13.7. The summed E-state index contributed by atoms with van der Waals surface area (Å²) < 4.78 is 0.